The number of hydrogen-bond donors (Lipinski definition) is 2. The smallest absolute Gasteiger partial charge is 0.250 e. The van der Waals surface area contributed by atoms with Gasteiger partial charge in [0.2, 0.25) is 5.91 Å². The fourth-order valence-corrected chi connectivity index (χ4v) is 4.39. The number of hydrogen-bond acceptors (Lipinski definition) is 7. The van der Waals surface area contributed by atoms with E-state index >= 15 is 0 Å². The summed E-state index contributed by atoms with van der Waals surface area (Å²) in [5, 5.41) is 10.2. The first-order valence-electron chi connectivity index (χ1n) is 11.2. The summed E-state index contributed by atoms with van der Waals surface area (Å²) in [6, 6.07) is 20.8. The largest absolute Gasteiger partial charge is 0.394 e. The number of nitrogens with two attached hydrogens (primary N) is 1. The molecule has 2 fully saturated rings. The number of benzene rings is 2. The lowest BCUT2D eigenvalue weighted by molar-refractivity contribution is -0.384. The van der Waals surface area contributed by atoms with Crippen LogP contribution in [0.4, 0.5) is 0 Å². The van der Waals surface area contributed by atoms with Crippen LogP contribution in [0.1, 0.15) is 39.6 Å². The molecule has 0 saturated carbocycles. The molecule has 5 rings (SSSR count). The molecule has 2 aromatic carbocycles. The number of primary amides is 1. The minimum Gasteiger partial charge on any atom is -0.394 e. The number of amides is 1. The third kappa shape index (κ3) is 4.72. The van der Waals surface area contributed by atoms with Crippen molar-refractivity contribution in [2.75, 3.05) is 6.61 Å². The van der Waals surface area contributed by atoms with Crippen molar-refractivity contribution in [3.05, 3.63) is 101 Å². The highest BCUT2D eigenvalue weighted by Gasteiger charge is 2.50. The fourth-order valence-electron chi connectivity index (χ4n) is 4.39. The van der Waals surface area contributed by atoms with E-state index in [1.54, 1.807) is 12.3 Å². The molecule has 2 aliphatic rings. The number of carbonyl (C=O) groups is 1. The zero-order valence-electron chi connectivity index (χ0n) is 18.4. The van der Waals surface area contributed by atoms with Gasteiger partial charge in [-0.15, -0.1) is 0 Å². The molecule has 34 heavy (non-hydrogen) atoms. The van der Waals surface area contributed by atoms with E-state index in [9.17, 15) is 9.90 Å². The molecule has 0 bridgehead atoms. The average molecular weight is 463 g/mol. The number of carbonyl (C=O) groups excluding carboxylic acids is 1. The van der Waals surface area contributed by atoms with Crippen molar-refractivity contribution in [1.29, 1.82) is 0 Å². The second kappa shape index (κ2) is 10.0. The maximum atomic E-state index is 11.7. The Morgan fingerprint density at radius 2 is 1.38 bits per heavy atom. The van der Waals surface area contributed by atoms with Gasteiger partial charge in [-0.3, -0.25) is 9.78 Å². The number of aliphatic hydroxyl groups is 1. The first kappa shape index (κ1) is 22.6. The van der Waals surface area contributed by atoms with E-state index in [-0.39, 0.29) is 6.61 Å². The van der Waals surface area contributed by atoms with Gasteiger partial charge in [0.15, 0.2) is 12.6 Å². The SMILES string of the molecule is NC(=O)c1cncc(CC2OC(c3ccccc3)OC3C(CO)OC(c4ccccc4)OC23)c1. The first-order chi connectivity index (χ1) is 16.6. The Hall–Kier alpha value is -3.14. The maximum absolute atomic E-state index is 11.7. The van der Waals surface area contributed by atoms with Crippen molar-refractivity contribution in [3.63, 3.8) is 0 Å². The Kier molecular flexibility index (Phi) is 6.66. The van der Waals surface area contributed by atoms with E-state index in [2.05, 4.69) is 4.98 Å². The first-order valence-corrected chi connectivity index (χ1v) is 11.2. The van der Waals surface area contributed by atoms with Gasteiger partial charge in [0, 0.05) is 29.9 Å². The van der Waals surface area contributed by atoms with Crippen LogP contribution in [-0.2, 0) is 25.4 Å². The predicted molar refractivity (Wildman–Crippen MR) is 121 cm³/mol. The average Bonchev–Trinajstić information content (AvgIpc) is 2.89. The fraction of sp³-hybridized carbons (Fsp3) is 0.308. The summed E-state index contributed by atoms with van der Waals surface area (Å²) in [4.78, 5) is 15.8. The van der Waals surface area contributed by atoms with Crippen LogP contribution >= 0.6 is 0 Å². The second-order valence-corrected chi connectivity index (χ2v) is 8.37. The standard InChI is InChI=1S/C26H26N2O6/c27-24(30)19-11-16(13-28-14-19)12-20-22-23(34-25(31-20)17-7-3-1-4-8-17)21(15-29)32-26(33-22)18-9-5-2-6-10-18/h1-11,13-14,20-23,25-26,29H,12,15H2,(H2,27,30). The molecule has 0 aliphatic carbocycles. The highest BCUT2D eigenvalue weighted by atomic mass is 16.8. The van der Waals surface area contributed by atoms with Gasteiger partial charge in [-0.25, -0.2) is 0 Å². The van der Waals surface area contributed by atoms with Crippen molar-refractivity contribution >= 4 is 5.91 Å². The van der Waals surface area contributed by atoms with E-state index in [0.717, 1.165) is 16.7 Å². The molecule has 176 valence electrons. The minimum atomic E-state index is -0.683. The van der Waals surface area contributed by atoms with Gasteiger partial charge in [-0.2, -0.15) is 0 Å². The third-order valence-electron chi connectivity index (χ3n) is 6.05. The van der Waals surface area contributed by atoms with Gasteiger partial charge in [0.05, 0.1) is 18.3 Å². The Bertz CT molecular complexity index is 1110. The zero-order chi connectivity index (χ0) is 23.5. The summed E-state index contributed by atoms with van der Waals surface area (Å²) in [6.07, 6.45) is -0.0161. The molecular weight excluding hydrogens is 436 g/mol. The molecule has 6 unspecified atom stereocenters. The summed E-state index contributed by atoms with van der Waals surface area (Å²) in [6.45, 7) is -0.235. The highest BCUT2D eigenvalue weighted by Crippen LogP contribution is 2.41. The van der Waals surface area contributed by atoms with Gasteiger partial charge >= 0.3 is 0 Å². The Labute approximate surface area is 197 Å². The van der Waals surface area contributed by atoms with Gasteiger partial charge in [-0.05, 0) is 11.6 Å². The molecule has 3 N–H and O–H groups in total. The predicted octanol–water partition coefficient (Wildman–Crippen LogP) is 2.68. The quantitative estimate of drug-likeness (QED) is 0.579. The lowest BCUT2D eigenvalue weighted by Gasteiger charge is -2.49. The minimum absolute atomic E-state index is 0.235. The molecule has 2 saturated heterocycles. The van der Waals surface area contributed by atoms with Crippen LogP contribution in [0.15, 0.2) is 79.1 Å². The summed E-state index contributed by atoms with van der Waals surface area (Å²) < 4.78 is 25.1. The Morgan fingerprint density at radius 1 is 0.824 bits per heavy atom. The van der Waals surface area contributed by atoms with Gasteiger partial charge < -0.3 is 29.8 Å². The second-order valence-electron chi connectivity index (χ2n) is 8.37. The van der Waals surface area contributed by atoms with Gasteiger partial charge in [-0.1, -0.05) is 60.7 Å². The number of nitrogens with zero attached hydrogens (tertiary/aromatic N) is 1. The number of aromatic nitrogens is 1. The van der Waals surface area contributed by atoms with Crippen LogP contribution < -0.4 is 5.73 Å². The van der Waals surface area contributed by atoms with Crippen LogP contribution in [0.25, 0.3) is 0 Å². The van der Waals surface area contributed by atoms with Crippen molar-refractivity contribution in [3.8, 4) is 0 Å². The number of rotatable bonds is 6. The van der Waals surface area contributed by atoms with E-state index in [1.165, 1.54) is 6.20 Å². The molecule has 3 heterocycles. The lowest BCUT2D eigenvalue weighted by atomic mass is 9.94. The highest BCUT2D eigenvalue weighted by molar-refractivity contribution is 5.92. The molecule has 0 spiro atoms. The van der Waals surface area contributed by atoms with E-state index < -0.39 is 42.9 Å². The number of aliphatic hydroxyl groups excluding tert-OH is 1. The van der Waals surface area contributed by atoms with Gasteiger partial charge in [0.25, 0.3) is 0 Å². The summed E-state index contributed by atoms with van der Waals surface area (Å²) in [5.74, 6) is -0.547. The molecule has 0 radical (unpaired) electrons. The Morgan fingerprint density at radius 3 is 1.94 bits per heavy atom. The molecule has 1 aromatic heterocycles. The number of ether oxygens (including phenoxy) is 4. The lowest BCUT2D eigenvalue weighted by Crippen LogP contribution is -2.59. The zero-order valence-corrected chi connectivity index (χ0v) is 18.4. The van der Waals surface area contributed by atoms with Crippen LogP contribution in [0.5, 0.6) is 0 Å². The van der Waals surface area contributed by atoms with Crippen molar-refractivity contribution in [2.45, 2.75) is 43.4 Å². The molecule has 6 atom stereocenters. The summed E-state index contributed by atoms with van der Waals surface area (Å²) in [5.41, 5.74) is 8.22. The molecule has 8 nitrogen and oxygen atoms in total. The van der Waals surface area contributed by atoms with Gasteiger partial charge in [0.1, 0.15) is 18.3 Å². The van der Waals surface area contributed by atoms with Crippen LogP contribution in [-0.4, -0.2) is 47.0 Å². The normalized spacial score (nSPS) is 28.7. The van der Waals surface area contributed by atoms with Crippen molar-refractivity contribution in [2.24, 2.45) is 5.73 Å². The maximum Gasteiger partial charge on any atom is 0.250 e. The number of fused-ring (bicyclic) bond motifs is 1. The molecule has 1 amide bonds. The third-order valence-corrected chi connectivity index (χ3v) is 6.05. The number of pyridine rings is 1. The summed E-state index contributed by atoms with van der Waals surface area (Å²) >= 11 is 0. The molecule has 2 aliphatic heterocycles. The monoisotopic (exact) mass is 462 g/mol. The van der Waals surface area contributed by atoms with Crippen molar-refractivity contribution < 1.29 is 28.8 Å². The molecule has 3 aromatic rings. The Balaban J connectivity index is 1.47. The topological polar surface area (TPSA) is 113 Å². The van der Waals surface area contributed by atoms with Crippen molar-refractivity contribution in [1.82, 2.24) is 4.98 Å². The van der Waals surface area contributed by atoms with Crippen LogP contribution in [0.3, 0.4) is 0 Å². The molecule has 8 heteroatoms. The van der Waals surface area contributed by atoms with E-state index in [0.29, 0.717) is 12.0 Å². The molecular formula is C26H26N2O6. The van der Waals surface area contributed by atoms with Crippen LogP contribution in [0.2, 0.25) is 0 Å². The summed E-state index contributed by atoms with van der Waals surface area (Å²) in [7, 11) is 0. The van der Waals surface area contributed by atoms with E-state index in [1.807, 2.05) is 60.7 Å². The van der Waals surface area contributed by atoms with Crippen LogP contribution in [0, 0.1) is 0 Å². The van der Waals surface area contributed by atoms with E-state index in [4.69, 9.17) is 24.7 Å².